The van der Waals surface area contributed by atoms with Crippen LogP contribution in [0.5, 0.6) is 5.75 Å². The van der Waals surface area contributed by atoms with Gasteiger partial charge in [0.15, 0.2) is 5.75 Å². The molecular weight excluding hydrogens is 390 g/mol. The second kappa shape index (κ2) is 7.41. The van der Waals surface area contributed by atoms with Crippen LogP contribution in [-0.2, 0) is 14.8 Å². The second-order valence-electron chi connectivity index (χ2n) is 3.94. The van der Waals surface area contributed by atoms with Gasteiger partial charge in [-0.15, -0.1) is 0 Å². The molecule has 1 atom stereocenters. The Balaban J connectivity index is 3.27. The fourth-order valence-corrected chi connectivity index (χ4v) is 4.15. The van der Waals surface area contributed by atoms with Gasteiger partial charge in [0.25, 0.3) is 0 Å². The first-order chi connectivity index (χ1) is 9.72. The molecule has 0 aliphatic carbocycles. The number of ether oxygens (including phenoxy) is 1. The van der Waals surface area contributed by atoms with Gasteiger partial charge in [0.2, 0.25) is 10.0 Å². The summed E-state index contributed by atoms with van der Waals surface area (Å²) in [6.45, 7) is -0.476. The third-order valence-electron chi connectivity index (χ3n) is 2.48. The molecule has 3 N–H and O–H groups in total. The number of carboxylic acid groups (broad SMARTS) is 1. The Morgan fingerprint density at radius 1 is 1.52 bits per heavy atom. The lowest BCUT2D eigenvalue weighted by atomic mass is 10.2. The molecule has 0 saturated carbocycles. The number of benzene rings is 1. The Morgan fingerprint density at radius 3 is 2.62 bits per heavy atom. The zero-order valence-electron chi connectivity index (χ0n) is 10.8. The third-order valence-corrected chi connectivity index (χ3v) is 4.77. The molecule has 0 fully saturated rings. The number of halogens is 2. The first kappa shape index (κ1) is 18.2. The van der Waals surface area contributed by atoms with E-state index in [1.807, 2.05) is 4.72 Å². The number of aliphatic hydroxyl groups excluding tert-OH is 1. The van der Waals surface area contributed by atoms with Crippen molar-refractivity contribution in [3.8, 4) is 5.75 Å². The van der Waals surface area contributed by atoms with Gasteiger partial charge in [-0.2, -0.15) is 4.72 Å². The van der Waals surface area contributed by atoms with Crippen LogP contribution >= 0.6 is 27.5 Å². The van der Waals surface area contributed by atoms with E-state index in [0.717, 1.165) is 6.07 Å². The summed E-state index contributed by atoms with van der Waals surface area (Å²) in [7, 11) is -2.92. The van der Waals surface area contributed by atoms with Gasteiger partial charge in [0.1, 0.15) is 10.9 Å². The van der Waals surface area contributed by atoms with Crippen molar-refractivity contribution in [3.05, 3.63) is 21.6 Å². The van der Waals surface area contributed by atoms with Gasteiger partial charge < -0.3 is 14.9 Å². The molecule has 0 bridgehead atoms. The van der Waals surface area contributed by atoms with Crippen LogP contribution in [0.3, 0.4) is 0 Å². The van der Waals surface area contributed by atoms with Crippen molar-refractivity contribution in [2.75, 3.05) is 13.7 Å². The molecule has 0 aromatic heterocycles. The number of methoxy groups -OCH3 is 1. The first-order valence-corrected chi connectivity index (χ1v) is 8.27. The summed E-state index contributed by atoms with van der Waals surface area (Å²) in [6.07, 6.45) is -0.265. The second-order valence-corrected chi connectivity index (χ2v) is 6.92. The topological polar surface area (TPSA) is 113 Å². The Morgan fingerprint density at radius 2 is 2.14 bits per heavy atom. The predicted molar refractivity (Wildman–Crippen MR) is 79.2 cm³/mol. The number of aliphatic hydroxyl groups is 1. The minimum atomic E-state index is -4.20. The van der Waals surface area contributed by atoms with Crippen LogP contribution in [0.15, 0.2) is 21.5 Å². The van der Waals surface area contributed by atoms with Gasteiger partial charge in [-0.25, -0.2) is 8.42 Å². The van der Waals surface area contributed by atoms with Gasteiger partial charge in [-0.3, -0.25) is 4.79 Å². The van der Waals surface area contributed by atoms with Crippen molar-refractivity contribution in [2.24, 2.45) is 0 Å². The average Bonchev–Trinajstić information content (AvgIpc) is 2.37. The maximum absolute atomic E-state index is 12.3. The highest BCUT2D eigenvalue weighted by atomic mass is 79.9. The molecule has 1 aromatic rings. The van der Waals surface area contributed by atoms with E-state index < -0.39 is 28.6 Å². The summed E-state index contributed by atoms with van der Waals surface area (Å²) in [5.74, 6) is -1.40. The van der Waals surface area contributed by atoms with Crippen LogP contribution < -0.4 is 9.46 Å². The lowest BCUT2D eigenvalue weighted by Gasteiger charge is -2.16. The van der Waals surface area contributed by atoms with Crippen LogP contribution in [0.25, 0.3) is 0 Å². The van der Waals surface area contributed by atoms with Crippen LogP contribution in [-0.4, -0.2) is 44.4 Å². The van der Waals surface area contributed by atoms with Crippen LogP contribution in [0.1, 0.15) is 6.42 Å². The molecule has 0 aliphatic heterocycles. The highest BCUT2D eigenvalue weighted by molar-refractivity contribution is 9.10. The maximum Gasteiger partial charge on any atom is 0.321 e. The molecule has 118 valence electrons. The van der Waals surface area contributed by atoms with Gasteiger partial charge in [0, 0.05) is 11.6 Å². The quantitative estimate of drug-likeness (QED) is 0.632. The zero-order chi connectivity index (χ0) is 16.2. The monoisotopic (exact) mass is 401 g/mol. The van der Waals surface area contributed by atoms with Gasteiger partial charge >= 0.3 is 5.97 Å². The lowest BCUT2D eigenvalue weighted by molar-refractivity contribution is -0.139. The summed E-state index contributed by atoms with van der Waals surface area (Å²) in [5.41, 5.74) is 0. The molecule has 0 saturated heterocycles. The molecule has 1 aromatic carbocycles. The number of rotatable bonds is 7. The first-order valence-electron chi connectivity index (χ1n) is 5.62. The zero-order valence-corrected chi connectivity index (χ0v) is 14.0. The molecule has 21 heavy (non-hydrogen) atoms. The molecule has 0 aliphatic rings. The fraction of sp³-hybridized carbons (Fsp3) is 0.364. The van der Waals surface area contributed by atoms with Crippen LogP contribution in [0.4, 0.5) is 0 Å². The normalized spacial score (nSPS) is 13.0. The molecular formula is C11H13BrClNO6S. The van der Waals surface area contributed by atoms with Crippen molar-refractivity contribution in [2.45, 2.75) is 17.4 Å². The van der Waals surface area contributed by atoms with Crippen molar-refractivity contribution >= 4 is 43.5 Å². The number of carbonyl (C=O) groups is 1. The fourth-order valence-electron chi connectivity index (χ4n) is 1.55. The maximum atomic E-state index is 12.3. The number of hydrogen-bond acceptors (Lipinski definition) is 5. The molecule has 0 unspecified atom stereocenters. The van der Waals surface area contributed by atoms with Gasteiger partial charge in [-0.1, -0.05) is 11.6 Å². The number of nitrogens with one attached hydrogen (secondary N) is 1. The van der Waals surface area contributed by atoms with E-state index in [9.17, 15) is 13.2 Å². The summed E-state index contributed by atoms with van der Waals surface area (Å²) in [4.78, 5) is 10.7. The van der Waals surface area contributed by atoms with Gasteiger partial charge in [-0.05, 0) is 34.5 Å². The largest absolute Gasteiger partial charge is 0.494 e. The summed E-state index contributed by atoms with van der Waals surface area (Å²) >= 11 is 8.93. The number of sulfonamides is 1. The minimum absolute atomic E-state index is 0.0000345. The van der Waals surface area contributed by atoms with E-state index in [1.54, 1.807) is 0 Å². The highest BCUT2D eigenvalue weighted by Crippen LogP contribution is 2.35. The van der Waals surface area contributed by atoms with E-state index in [2.05, 4.69) is 15.9 Å². The van der Waals surface area contributed by atoms with Crippen molar-refractivity contribution in [3.63, 3.8) is 0 Å². The van der Waals surface area contributed by atoms with Crippen molar-refractivity contribution in [1.29, 1.82) is 0 Å². The number of carboxylic acids is 1. The number of hydrogen-bond donors (Lipinski definition) is 3. The lowest BCUT2D eigenvalue weighted by Crippen LogP contribution is -2.41. The van der Waals surface area contributed by atoms with E-state index >= 15 is 0 Å². The van der Waals surface area contributed by atoms with E-state index in [4.69, 9.17) is 26.6 Å². The standard InChI is InChI=1S/C11H13BrClNO6S/c1-20-10-7(12)4-6(13)5-9(10)21(18,19)14-8(2-3-15)11(16)17/h4-5,8,14-15H,2-3H2,1H3,(H,16,17)/t8-/m1/s1. The average molecular weight is 403 g/mol. The van der Waals surface area contributed by atoms with Crippen LogP contribution in [0, 0.1) is 0 Å². The minimum Gasteiger partial charge on any atom is -0.494 e. The third kappa shape index (κ3) is 4.55. The van der Waals surface area contributed by atoms with Crippen molar-refractivity contribution in [1.82, 2.24) is 4.72 Å². The SMILES string of the molecule is COc1c(Br)cc(Cl)cc1S(=O)(=O)N[C@H](CCO)C(=O)O. The summed E-state index contributed by atoms with van der Waals surface area (Å²) in [5, 5.41) is 17.9. The molecule has 0 heterocycles. The van der Waals surface area contributed by atoms with E-state index in [1.165, 1.54) is 13.2 Å². The molecule has 10 heteroatoms. The summed E-state index contributed by atoms with van der Waals surface area (Å²) in [6, 6.07) is 1.13. The Kier molecular flexibility index (Phi) is 6.41. The molecule has 0 spiro atoms. The van der Waals surface area contributed by atoms with Crippen LogP contribution in [0.2, 0.25) is 5.02 Å². The molecule has 0 radical (unpaired) electrons. The molecule has 0 amide bonds. The Hall–Kier alpha value is -0.870. The Bertz CT molecular complexity index is 636. The predicted octanol–water partition coefficient (Wildman–Crippen LogP) is 1.22. The Labute approximate surface area is 135 Å². The molecule has 1 rings (SSSR count). The summed E-state index contributed by atoms with van der Waals surface area (Å²) < 4.78 is 31.9. The number of aliphatic carboxylic acids is 1. The molecule has 7 nitrogen and oxygen atoms in total. The van der Waals surface area contributed by atoms with E-state index in [0.29, 0.717) is 4.47 Å². The van der Waals surface area contributed by atoms with Gasteiger partial charge in [0.05, 0.1) is 11.6 Å². The van der Waals surface area contributed by atoms with E-state index in [-0.39, 0.29) is 22.1 Å². The van der Waals surface area contributed by atoms with Crippen molar-refractivity contribution < 1.29 is 28.2 Å². The smallest absolute Gasteiger partial charge is 0.321 e. The highest BCUT2D eigenvalue weighted by Gasteiger charge is 2.28.